The lowest BCUT2D eigenvalue weighted by Crippen LogP contribution is -2.24. The molecular formula is C14H22N4O. The van der Waals surface area contributed by atoms with E-state index in [2.05, 4.69) is 20.9 Å². The van der Waals surface area contributed by atoms with Gasteiger partial charge in [-0.05, 0) is 51.4 Å². The van der Waals surface area contributed by atoms with Gasteiger partial charge in [0.1, 0.15) is 5.69 Å². The van der Waals surface area contributed by atoms with Crippen LogP contribution >= 0.6 is 0 Å². The molecule has 1 saturated heterocycles. The molecule has 1 aliphatic rings. The first kappa shape index (κ1) is 13.8. The van der Waals surface area contributed by atoms with Crippen LogP contribution in [0.4, 0.5) is 5.69 Å². The van der Waals surface area contributed by atoms with Crippen molar-refractivity contribution in [2.45, 2.75) is 32.2 Å². The minimum Gasteiger partial charge on any atom is -0.382 e. The molecule has 1 aliphatic heterocycles. The van der Waals surface area contributed by atoms with Gasteiger partial charge in [0.15, 0.2) is 0 Å². The highest BCUT2D eigenvalue weighted by molar-refractivity contribution is 5.93. The molecule has 0 saturated carbocycles. The van der Waals surface area contributed by atoms with Crippen molar-refractivity contribution in [3.05, 3.63) is 24.0 Å². The lowest BCUT2D eigenvalue weighted by atomic mass is 10.1. The number of hydrogen-bond acceptors (Lipinski definition) is 4. The van der Waals surface area contributed by atoms with Crippen LogP contribution in [0.5, 0.6) is 0 Å². The third-order valence-corrected chi connectivity index (χ3v) is 3.28. The van der Waals surface area contributed by atoms with Crippen LogP contribution in [-0.2, 0) is 0 Å². The maximum absolute atomic E-state index is 11.7. The number of nitrogens with one attached hydrogen (secondary N) is 3. The Morgan fingerprint density at radius 1 is 1.47 bits per heavy atom. The first-order chi connectivity index (χ1) is 9.29. The van der Waals surface area contributed by atoms with Crippen molar-refractivity contribution < 1.29 is 4.79 Å². The fraction of sp³-hybridized carbons (Fsp3) is 0.571. The van der Waals surface area contributed by atoms with E-state index < -0.39 is 0 Å². The molecule has 1 aromatic rings. The Morgan fingerprint density at radius 2 is 2.37 bits per heavy atom. The Labute approximate surface area is 114 Å². The standard InChI is InChI=1S/C14H22N4O/c1-2-16-14(19)13-10-12(6-9-17-13)18-11-4-3-7-15-8-5-11/h6,9-11,15H,2-5,7-8H2,1H3,(H,16,19)(H,17,18). The maximum Gasteiger partial charge on any atom is 0.269 e. The van der Waals surface area contributed by atoms with Crippen molar-refractivity contribution in [1.29, 1.82) is 0 Å². The summed E-state index contributed by atoms with van der Waals surface area (Å²) in [6.45, 7) is 4.66. The van der Waals surface area contributed by atoms with Crippen molar-refractivity contribution in [3.8, 4) is 0 Å². The smallest absolute Gasteiger partial charge is 0.269 e. The summed E-state index contributed by atoms with van der Waals surface area (Å²) >= 11 is 0. The van der Waals surface area contributed by atoms with Gasteiger partial charge in [0.05, 0.1) is 0 Å². The summed E-state index contributed by atoms with van der Waals surface area (Å²) in [6.07, 6.45) is 5.14. The normalized spacial score (nSPS) is 19.5. The summed E-state index contributed by atoms with van der Waals surface area (Å²) in [5.74, 6) is -0.117. The topological polar surface area (TPSA) is 66.1 Å². The third kappa shape index (κ3) is 4.21. The SMILES string of the molecule is CCNC(=O)c1cc(NC2CCCNCC2)ccn1. The van der Waals surface area contributed by atoms with Gasteiger partial charge >= 0.3 is 0 Å². The van der Waals surface area contributed by atoms with E-state index in [-0.39, 0.29) is 5.91 Å². The summed E-state index contributed by atoms with van der Waals surface area (Å²) in [6, 6.07) is 4.21. The molecule has 5 heteroatoms. The van der Waals surface area contributed by atoms with Gasteiger partial charge in [0.25, 0.3) is 5.91 Å². The van der Waals surface area contributed by atoms with Gasteiger partial charge in [-0.15, -0.1) is 0 Å². The summed E-state index contributed by atoms with van der Waals surface area (Å²) < 4.78 is 0. The number of pyridine rings is 1. The second kappa shape index (κ2) is 7.09. The molecule has 3 N–H and O–H groups in total. The van der Waals surface area contributed by atoms with E-state index in [0.29, 0.717) is 18.3 Å². The summed E-state index contributed by atoms with van der Waals surface area (Å²) in [5.41, 5.74) is 1.45. The number of carbonyl (C=O) groups is 1. The summed E-state index contributed by atoms with van der Waals surface area (Å²) in [4.78, 5) is 15.8. The highest BCUT2D eigenvalue weighted by atomic mass is 16.1. The minimum absolute atomic E-state index is 0.117. The predicted molar refractivity (Wildman–Crippen MR) is 76.4 cm³/mol. The zero-order valence-corrected chi connectivity index (χ0v) is 11.4. The van der Waals surface area contributed by atoms with E-state index in [1.165, 1.54) is 6.42 Å². The van der Waals surface area contributed by atoms with Crippen molar-refractivity contribution in [2.24, 2.45) is 0 Å². The van der Waals surface area contributed by atoms with E-state index in [0.717, 1.165) is 31.6 Å². The van der Waals surface area contributed by atoms with Crippen LogP contribution in [-0.4, -0.2) is 36.6 Å². The summed E-state index contributed by atoms with van der Waals surface area (Å²) in [5, 5.41) is 9.65. The molecule has 0 radical (unpaired) electrons. The van der Waals surface area contributed by atoms with Crippen molar-refractivity contribution in [3.63, 3.8) is 0 Å². The van der Waals surface area contributed by atoms with Crippen molar-refractivity contribution >= 4 is 11.6 Å². The molecule has 0 aliphatic carbocycles. The molecule has 5 nitrogen and oxygen atoms in total. The summed E-state index contributed by atoms with van der Waals surface area (Å²) in [7, 11) is 0. The van der Waals surface area contributed by atoms with Crippen LogP contribution in [0.15, 0.2) is 18.3 Å². The van der Waals surface area contributed by atoms with E-state index in [9.17, 15) is 4.79 Å². The van der Waals surface area contributed by atoms with Gasteiger partial charge < -0.3 is 16.0 Å². The molecule has 2 heterocycles. The van der Waals surface area contributed by atoms with Gasteiger partial charge in [-0.3, -0.25) is 9.78 Å². The largest absolute Gasteiger partial charge is 0.382 e. The maximum atomic E-state index is 11.7. The highest BCUT2D eigenvalue weighted by Crippen LogP contribution is 2.14. The van der Waals surface area contributed by atoms with E-state index in [1.54, 1.807) is 6.20 Å². The van der Waals surface area contributed by atoms with Crippen LogP contribution in [0, 0.1) is 0 Å². The quantitative estimate of drug-likeness (QED) is 0.767. The highest BCUT2D eigenvalue weighted by Gasteiger charge is 2.12. The molecule has 19 heavy (non-hydrogen) atoms. The third-order valence-electron chi connectivity index (χ3n) is 3.28. The fourth-order valence-electron chi connectivity index (χ4n) is 2.29. The van der Waals surface area contributed by atoms with Crippen LogP contribution in [0.1, 0.15) is 36.7 Å². The molecule has 1 amide bonds. The Hall–Kier alpha value is -1.62. The number of hydrogen-bond donors (Lipinski definition) is 3. The van der Waals surface area contributed by atoms with Crippen LogP contribution < -0.4 is 16.0 Å². The van der Waals surface area contributed by atoms with Crippen LogP contribution in [0.2, 0.25) is 0 Å². The first-order valence-electron chi connectivity index (χ1n) is 7.01. The molecule has 1 unspecified atom stereocenters. The van der Waals surface area contributed by atoms with Crippen LogP contribution in [0.3, 0.4) is 0 Å². The van der Waals surface area contributed by atoms with Crippen molar-refractivity contribution in [2.75, 3.05) is 25.0 Å². The second-order valence-electron chi connectivity index (χ2n) is 4.81. The molecule has 0 aromatic carbocycles. The lowest BCUT2D eigenvalue weighted by molar-refractivity contribution is 0.0951. The van der Waals surface area contributed by atoms with Gasteiger partial charge in [-0.1, -0.05) is 0 Å². The molecular weight excluding hydrogens is 240 g/mol. The zero-order chi connectivity index (χ0) is 13.5. The van der Waals surface area contributed by atoms with Gasteiger partial charge in [0.2, 0.25) is 0 Å². The van der Waals surface area contributed by atoms with Crippen molar-refractivity contribution in [1.82, 2.24) is 15.6 Å². The first-order valence-corrected chi connectivity index (χ1v) is 7.01. The number of anilines is 1. The Morgan fingerprint density at radius 3 is 3.21 bits per heavy atom. The average Bonchev–Trinajstić information content (AvgIpc) is 2.68. The molecule has 1 aromatic heterocycles. The molecule has 104 valence electrons. The molecule has 1 atom stereocenters. The Balaban J connectivity index is 1.99. The Bertz CT molecular complexity index is 414. The predicted octanol–water partition coefficient (Wildman–Crippen LogP) is 1.39. The number of aromatic nitrogens is 1. The monoisotopic (exact) mass is 262 g/mol. The molecule has 0 bridgehead atoms. The van der Waals surface area contributed by atoms with Gasteiger partial charge in [-0.2, -0.15) is 0 Å². The molecule has 2 rings (SSSR count). The minimum atomic E-state index is -0.117. The number of amides is 1. The van der Waals surface area contributed by atoms with E-state index in [1.807, 2.05) is 19.1 Å². The second-order valence-corrected chi connectivity index (χ2v) is 4.81. The average molecular weight is 262 g/mol. The lowest BCUT2D eigenvalue weighted by Gasteiger charge is -2.17. The van der Waals surface area contributed by atoms with E-state index in [4.69, 9.17) is 0 Å². The number of rotatable bonds is 4. The van der Waals surface area contributed by atoms with Gasteiger partial charge in [-0.25, -0.2) is 0 Å². The fourth-order valence-corrected chi connectivity index (χ4v) is 2.29. The number of nitrogens with zero attached hydrogens (tertiary/aromatic N) is 1. The Kier molecular flexibility index (Phi) is 5.15. The molecule has 1 fully saturated rings. The number of carbonyl (C=O) groups excluding carboxylic acids is 1. The molecule has 0 spiro atoms. The van der Waals surface area contributed by atoms with Gasteiger partial charge in [0, 0.05) is 24.5 Å². The van der Waals surface area contributed by atoms with E-state index >= 15 is 0 Å². The zero-order valence-electron chi connectivity index (χ0n) is 11.4. The van der Waals surface area contributed by atoms with Crippen LogP contribution in [0.25, 0.3) is 0 Å².